The summed E-state index contributed by atoms with van der Waals surface area (Å²) in [5.74, 6) is 0. The van der Waals surface area contributed by atoms with E-state index in [1.807, 2.05) is 13.1 Å². The average molecular weight is 189 g/mol. The molecule has 0 spiro atoms. The van der Waals surface area contributed by atoms with E-state index in [9.17, 15) is 0 Å². The first kappa shape index (κ1) is 8.32. The van der Waals surface area contributed by atoms with Gasteiger partial charge in [0.1, 0.15) is 0 Å². The van der Waals surface area contributed by atoms with E-state index in [0.29, 0.717) is 0 Å². The predicted molar refractivity (Wildman–Crippen MR) is 59.3 cm³/mol. The average Bonchev–Trinajstić information content (AvgIpc) is 2.70. The molecule has 1 aromatic carbocycles. The molecule has 2 aromatic rings. The second-order valence-corrected chi connectivity index (χ2v) is 3.59. The van der Waals surface area contributed by atoms with E-state index in [0.717, 1.165) is 0 Å². The van der Waals surface area contributed by atoms with E-state index in [1.54, 1.807) is 11.3 Å². The van der Waals surface area contributed by atoms with Gasteiger partial charge in [-0.2, -0.15) is 11.3 Å². The molecule has 1 heterocycles. The maximum Gasteiger partial charge on any atom is 0.0417 e. The van der Waals surface area contributed by atoms with Crippen molar-refractivity contribution in [2.24, 2.45) is 0 Å². The molecular formula is C11H11NS. The topological polar surface area (TPSA) is 12.0 Å². The van der Waals surface area contributed by atoms with Gasteiger partial charge < -0.3 is 5.32 Å². The Morgan fingerprint density at radius 3 is 2.69 bits per heavy atom. The summed E-state index contributed by atoms with van der Waals surface area (Å²) in [6, 6.07) is 10.5. The van der Waals surface area contributed by atoms with Gasteiger partial charge in [-0.1, -0.05) is 18.2 Å². The van der Waals surface area contributed by atoms with Crippen molar-refractivity contribution >= 4 is 17.0 Å². The van der Waals surface area contributed by atoms with E-state index in [-0.39, 0.29) is 0 Å². The summed E-state index contributed by atoms with van der Waals surface area (Å²) in [5.41, 5.74) is 3.74. The summed E-state index contributed by atoms with van der Waals surface area (Å²) in [4.78, 5) is 0. The Kier molecular flexibility index (Phi) is 2.32. The van der Waals surface area contributed by atoms with Crippen LogP contribution in [0.5, 0.6) is 0 Å². The SMILES string of the molecule is CNc1ccccc1-c1ccsc1. The highest BCUT2D eigenvalue weighted by molar-refractivity contribution is 7.08. The molecular weight excluding hydrogens is 178 g/mol. The third-order valence-corrected chi connectivity index (χ3v) is 2.71. The summed E-state index contributed by atoms with van der Waals surface area (Å²) < 4.78 is 0. The molecule has 0 amide bonds. The first-order valence-electron chi connectivity index (χ1n) is 4.21. The van der Waals surface area contributed by atoms with Crippen LogP contribution in [-0.4, -0.2) is 7.05 Å². The standard InChI is InChI=1S/C11H11NS/c1-12-11-5-3-2-4-10(11)9-6-7-13-8-9/h2-8,12H,1H3. The fraction of sp³-hybridized carbons (Fsp3) is 0.0909. The van der Waals surface area contributed by atoms with Gasteiger partial charge in [0, 0.05) is 18.3 Å². The lowest BCUT2D eigenvalue weighted by Crippen LogP contribution is -1.89. The molecule has 0 aliphatic heterocycles. The van der Waals surface area contributed by atoms with Crippen LogP contribution in [0.15, 0.2) is 41.1 Å². The molecule has 2 heteroatoms. The van der Waals surface area contributed by atoms with Gasteiger partial charge in [0.25, 0.3) is 0 Å². The highest BCUT2D eigenvalue weighted by Crippen LogP contribution is 2.28. The summed E-state index contributed by atoms with van der Waals surface area (Å²) in [7, 11) is 1.95. The van der Waals surface area contributed by atoms with Gasteiger partial charge in [0.05, 0.1) is 0 Å². The minimum absolute atomic E-state index is 1.18. The smallest absolute Gasteiger partial charge is 0.0417 e. The lowest BCUT2D eigenvalue weighted by atomic mass is 10.1. The number of anilines is 1. The quantitative estimate of drug-likeness (QED) is 0.763. The molecule has 0 saturated carbocycles. The second-order valence-electron chi connectivity index (χ2n) is 2.81. The molecule has 1 N–H and O–H groups in total. The van der Waals surface area contributed by atoms with Crippen molar-refractivity contribution in [2.45, 2.75) is 0 Å². The lowest BCUT2D eigenvalue weighted by molar-refractivity contribution is 1.51. The summed E-state index contributed by atoms with van der Waals surface area (Å²) >= 11 is 1.73. The molecule has 1 aromatic heterocycles. The van der Waals surface area contributed by atoms with E-state index < -0.39 is 0 Å². The molecule has 0 radical (unpaired) electrons. The van der Waals surface area contributed by atoms with Crippen molar-refractivity contribution in [3.05, 3.63) is 41.1 Å². The first-order chi connectivity index (χ1) is 6.42. The maximum atomic E-state index is 3.19. The molecule has 0 aliphatic rings. The molecule has 0 unspecified atom stereocenters. The van der Waals surface area contributed by atoms with Gasteiger partial charge in [0.2, 0.25) is 0 Å². The fourth-order valence-corrected chi connectivity index (χ4v) is 2.03. The number of rotatable bonds is 2. The van der Waals surface area contributed by atoms with Crippen molar-refractivity contribution in [1.29, 1.82) is 0 Å². The van der Waals surface area contributed by atoms with E-state index >= 15 is 0 Å². The minimum atomic E-state index is 1.18. The maximum absolute atomic E-state index is 3.19. The summed E-state index contributed by atoms with van der Waals surface area (Å²) in [6.45, 7) is 0. The van der Waals surface area contributed by atoms with Crippen LogP contribution >= 0.6 is 11.3 Å². The fourth-order valence-electron chi connectivity index (χ4n) is 1.37. The lowest BCUT2D eigenvalue weighted by Gasteiger charge is -2.06. The van der Waals surface area contributed by atoms with E-state index in [1.165, 1.54) is 16.8 Å². The zero-order valence-corrected chi connectivity index (χ0v) is 8.27. The van der Waals surface area contributed by atoms with Crippen molar-refractivity contribution in [3.8, 4) is 11.1 Å². The van der Waals surface area contributed by atoms with Crippen LogP contribution in [0.25, 0.3) is 11.1 Å². The molecule has 2 rings (SSSR count). The van der Waals surface area contributed by atoms with Crippen molar-refractivity contribution < 1.29 is 0 Å². The molecule has 0 bridgehead atoms. The molecule has 66 valence electrons. The summed E-state index contributed by atoms with van der Waals surface area (Å²) in [5, 5.41) is 7.45. The second kappa shape index (κ2) is 3.62. The molecule has 0 aliphatic carbocycles. The van der Waals surface area contributed by atoms with Crippen LogP contribution in [0.4, 0.5) is 5.69 Å². The van der Waals surface area contributed by atoms with Gasteiger partial charge >= 0.3 is 0 Å². The van der Waals surface area contributed by atoms with Gasteiger partial charge in [-0.05, 0) is 28.5 Å². The Morgan fingerprint density at radius 1 is 1.15 bits per heavy atom. The van der Waals surface area contributed by atoms with E-state index in [2.05, 4.69) is 40.3 Å². The number of hydrogen-bond donors (Lipinski definition) is 1. The van der Waals surface area contributed by atoms with Gasteiger partial charge in [0.15, 0.2) is 0 Å². The monoisotopic (exact) mass is 189 g/mol. The molecule has 13 heavy (non-hydrogen) atoms. The number of para-hydroxylation sites is 1. The van der Waals surface area contributed by atoms with Crippen molar-refractivity contribution in [2.75, 3.05) is 12.4 Å². The highest BCUT2D eigenvalue weighted by atomic mass is 32.1. The first-order valence-corrected chi connectivity index (χ1v) is 5.15. The molecule has 0 saturated heterocycles. The molecule has 0 atom stereocenters. The number of nitrogens with one attached hydrogen (secondary N) is 1. The highest BCUT2D eigenvalue weighted by Gasteiger charge is 2.01. The van der Waals surface area contributed by atoms with Crippen LogP contribution < -0.4 is 5.32 Å². The molecule has 0 fully saturated rings. The molecule has 1 nitrogen and oxygen atoms in total. The van der Waals surface area contributed by atoms with Crippen LogP contribution in [0.2, 0.25) is 0 Å². The van der Waals surface area contributed by atoms with Crippen LogP contribution in [-0.2, 0) is 0 Å². The Labute approximate surface area is 82.0 Å². The zero-order chi connectivity index (χ0) is 9.10. The van der Waals surface area contributed by atoms with Crippen LogP contribution in [0.3, 0.4) is 0 Å². The number of benzene rings is 1. The Hall–Kier alpha value is -1.28. The van der Waals surface area contributed by atoms with Gasteiger partial charge in [-0.3, -0.25) is 0 Å². The summed E-state index contributed by atoms with van der Waals surface area (Å²) in [6.07, 6.45) is 0. The predicted octanol–water partition coefficient (Wildman–Crippen LogP) is 3.46. The minimum Gasteiger partial charge on any atom is -0.388 e. The van der Waals surface area contributed by atoms with Gasteiger partial charge in [-0.25, -0.2) is 0 Å². The number of thiophene rings is 1. The zero-order valence-electron chi connectivity index (χ0n) is 7.45. The number of hydrogen-bond acceptors (Lipinski definition) is 2. The Morgan fingerprint density at radius 2 is 2.00 bits per heavy atom. The van der Waals surface area contributed by atoms with Crippen molar-refractivity contribution in [1.82, 2.24) is 0 Å². The third kappa shape index (κ3) is 1.58. The Balaban J connectivity index is 2.51. The largest absolute Gasteiger partial charge is 0.388 e. The van der Waals surface area contributed by atoms with E-state index in [4.69, 9.17) is 0 Å². The van der Waals surface area contributed by atoms with Crippen molar-refractivity contribution in [3.63, 3.8) is 0 Å². The third-order valence-electron chi connectivity index (χ3n) is 2.03. The van der Waals surface area contributed by atoms with Gasteiger partial charge in [-0.15, -0.1) is 0 Å². The normalized spacial score (nSPS) is 9.92. The van der Waals surface area contributed by atoms with Crippen LogP contribution in [0.1, 0.15) is 0 Å². The Bertz CT molecular complexity index is 379. The van der Waals surface area contributed by atoms with Crippen LogP contribution in [0, 0.1) is 0 Å².